The van der Waals surface area contributed by atoms with Crippen molar-refractivity contribution >= 4 is 19.3 Å². The van der Waals surface area contributed by atoms with Gasteiger partial charge in [0.05, 0.1) is 17.9 Å². The molecule has 0 unspecified atom stereocenters. The van der Waals surface area contributed by atoms with E-state index in [0.29, 0.717) is 12.2 Å². The van der Waals surface area contributed by atoms with Crippen LogP contribution in [0.25, 0.3) is 5.69 Å². The first-order chi connectivity index (χ1) is 8.61. The average Bonchev–Trinajstić information content (AvgIpc) is 2.76. The molecule has 0 saturated heterocycles. The van der Waals surface area contributed by atoms with E-state index in [1.54, 1.807) is 29.9 Å². The van der Waals surface area contributed by atoms with Crippen LogP contribution in [0.3, 0.4) is 0 Å². The number of hydrogen-bond donors (Lipinski definition) is 0. The zero-order valence-corrected chi connectivity index (χ0v) is 10.8. The summed E-state index contributed by atoms with van der Waals surface area (Å²) in [5.41, 5.74) is 3.58. The second-order valence-electron chi connectivity index (χ2n) is 4.18. The molecule has 1 aromatic heterocycles. The van der Waals surface area contributed by atoms with Crippen molar-refractivity contribution in [3.8, 4) is 5.69 Å². The Morgan fingerprint density at radius 1 is 1.50 bits per heavy atom. The summed E-state index contributed by atoms with van der Waals surface area (Å²) >= 11 is 0. The van der Waals surface area contributed by atoms with Crippen molar-refractivity contribution in [2.45, 2.75) is 13.8 Å². The minimum absolute atomic E-state index is 0.303. The Balaban J connectivity index is 2.41. The molecule has 4 nitrogen and oxygen atoms in total. The highest BCUT2D eigenvalue weighted by Crippen LogP contribution is 2.15. The Morgan fingerprint density at radius 3 is 2.89 bits per heavy atom. The van der Waals surface area contributed by atoms with E-state index in [9.17, 15) is 4.79 Å². The summed E-state index contributed by atoms with van der Waals surface area (Å²) in [5, 5.41) is 4.26. The van der Waals surface area contributed by atoms with Gasteiger partial charge in [-0.3, -0.25) is 0 Å². The summed E-state index contributed by atoms with van der Waals surface area (Å²) in [4.78, 5) is 11.7. The van der Waals surface area contributed by atoms with E-state index < -0.39 is 0 Å². The lowest BCUT2D eigenvalue weighted by molar-refractivity contribution is 0.0526. The predicted octanol–water partition coefficient (Wildman–Crippen LogP) is 0.616. The number of carbonyl (C=O) groups is 1. The van der Waals surface area contributed by atoms with E-state index in [1.807, 2.05) is 27.0 Å². The molecule has 0 radical (unpaired) electrons. The predicted molar refractivity (Wildman–Crippen MR) is 72.4 cm³/mol. The first-order valence-electron chi connectivity index (χ1n) is 5.91. The van der Waals surface area contributed by atoms with E-state index in [4.69, 9.17) is 4.74 Å². The highest BCUT2D eigenvalue weighted by molar-refractivity contribution is 6.31. The molecule has 1 aromatic carbocycles. The van der Waals surface area contributed by atoms with Crippen molar-refractivity contribution in [3.05, 3.63) is 41.7 Å². The Kier molecular flexibility index (Phi) is 3.51. The molecule has 0 fully saturated rings. The van der Waals surface area contributed by atoms with E-state index in [-0.39, 0.29) is 5.97 Å². The van der Waals surface area contributed by atoms with Gasteiger partial charge >= 0.3 is 5.97 Å². The molecular weight excluding hydrogens is 227 g/mol. The average molecular weight is 242 g/mol. The standard InChI is InChI=1S/C13H15BN2O2/c1-3-18-13(17)10-5-4-9(2)12(6-10)16-8-11(14)7-15-16/h4-8H,3,14H2,1-2H3. The van der Waals surface area contributed by atoms with Crippen LogP contribution < -0.4 is 5.46 Å². The number of aromatic nitrogens is 2. The van der Waals surface area contributed by atoms with Crippen LogP contribution in [0, 0.1) is 6.92 Å². The third-order valence-corrected chi connectivity index (χ3v) is 2.68. The molecule has 0 atom stereocenters. The smallest absolute Gasteiger partial charge is 0.338 e. The molecule has 0 N–H and O–H groups in total. The highest BCUT2D eigenvalue weighted by atomic mass is 16.5. The summed E-state index contributed by atoms with van der Waals surface area (Å²) < 4.78 is 6.77. The Labute approximate surface area is 107 Å². The zero-order chi connectivity index (χ0) is 13.1. The summed E-state index contributed by atoms with van der Waals surface area (Å²) in [6, 6.07) is 5.48. The van der Waals surface area contributed by atoms with Gasteiger partial charge in [-0.05, 0) is 31.5 Å². The number of hydrogen-bond acceptors (Lipinski definition) is 3. The van der Waals surface area contributed by atoms with Crippen LogP contribution in [0.2, 0.25) is 0 Å². The molecule has 18 heavy (non-hydrogen) atoms. The maximum absolute atomic E-state index is 11.7. The van der Waals surface area contributed by atoms with Gasteiger partial charge in [-0.25, -0.2) is 9.48 Å². The van der Waals surface area contributed by atoms with Crippen LogP contribution in [0.15, 0.2) is 30.6 Å². The molecule has 0 aliphatic heterocycles. The van der Waals surface area contributed by atoms with Gasteiger partial charge in [0.25, 0.3) is 0 Å². The topological polar surface area (TPSA) is 44.1 Å². The summed E-state index contributed by atoms with van der Waals surface area (Å²) in [5.74, 6) is -0.303. The second-order valence-corrected chi connectivity index (χ2v) is 4.18. The second kappa shape index (κ2) is 5.08. The van der Waals surface area contributed by atoms with Gasteiger partial charge in [0.15, 0.2) is 0 Å². The molecule has 92 valence electrons. The van der Waals surface area contributed by atoms with Crippen molar-refractivity contribution in [1.29, 1.82) is 0 Å². The van der Waals surface area contributed by atoms with Gasteiger partial charge < -0.3 is 4.74 Å². The molecule has 0 aliphatic carbocycles. The fourth-order valence-corrected chi connectivity index (χ4v) is 1.74. The Morgan fingerprint density at radius 2 is 2.28 bits per heavy atom. The third kappa shape index (κ3) is 2.45. The molecule has 0 amide bonds. The van der Waals surface area contributed by atoms with Crippen molar-refractivity contribution < 1.29 is 9.53 Å². The number of rotatable bonds is 3. The van der Waals surface area contributed by atoms with Gasteiger partial charge in [-0.2, -0.15) is 5.10 Å². The molecule has 1 heterocycles. The van der Waals surface area contributed by atoms with Crippen molar-refractivity contribution in [1.82, 2.24) is 9.78 Å². The van der Waals surface area contributed by atoms with E-state index in [0.717, 1.165) is 16.7 Å². The number of aryl methyl sites for hydroxylation is 1. The van der Waals surface area contributed by atoms with Crippen molar-refractivity contribution in [3.63, 3.8) is 0 Å². The van der Waals surface area contributed by atoms with Gasteiger partial charge in [0.2, 0.25) is 0 Å². The van der Waals surface area contributed by atoms with Gasteiger partial charge in [-0.1, -0.05) is 11.5 Å². The first kappa shape index (κ1) is 12.4. The van der Waals surface area contributed by atoms with Crippen LogP contribution in [0.5, 0.6) is 0 Å². The summed E-state index contributed by atoms with van der Waals surface area (Å²) in [6.07, 6.45) is 3.72. The lowest BCUT2D eigenvalue weighted by atomic mass is 10.0. The highest BCUT2D eigenvalue weighted by Gasteiger charge is 2.10. The first-order valence-corrected chi connectivity index (χ1v) is 5.91. The fourth-order valence-electron chi connectivity index (χ4n) is 1.74. The normalized spacial score (nSPS) is 10.3. The van der Waals surface area contributed by atoms with Crippen LogP contribution in [-0.2, 0) is 4.74 Å². The maximum Gasteiger partial charge on any atom is 0.338 e. The van der Waals surface area contributed by atoms with Crippen LogP contribution in [-0.4, -0.2) is 30.2 Å². The molecule has 2 aromatic rings. The van der Waals surface area contributed by atoms with Gasteiger partial charge in [0, 0.05) is 12.4 Å². The molecule has 0 bridgehead atoms. The Hall–Kier alpha value is -2.04. The minimum Gasteiger partial charge on any atom is -0.462 e. The minimum atomic E-state index is -0.303. The summed E-state index contributed by atoms with van der Waals surface area (Å²) in [6.45, 7) is 4.16. The SMILES string of the molecule is Bc1cnn(-c2cc(C(=O)OCC)ccc2C)c1. The molecule has 5 heteroatoms. The molecule has 0 spiro atoms. The Bertz CT molecular complexity index is 578. The molecule has 2 rings (SSSR count). The van der Waals surface area contributed by atoms with Gasteiger partial charge in [-0.15, -0.1) is 0 Å². The van der Waals surface area contributed by atoms with Crippen molar-refractivity contribution in [2.75, 3.05) is 6.61 Å². The van der Waals surface area contributed by atoms with E-state index in [2.05, 4.69) is 5.10 Å². The number of nitrogens with zero attached hydrogens (tertiary/aromatic N) is 2. The van der Waals surface area contributed by atoms with Crippen LogP contribution in [0.1, 0.15) is 22.8 Å². The van der Waals surface area contributed by atoms with Crippen molar-refractivity contribution in [2.24, 2.45) is 0 Å². The maximum atomic E-state index is 11.7. The summed E-state index contributed by atoms with van der Waals surface area (Å²) in [7, 11) is 1.98. The monoisotopic (exact) mass is 242 g/mol. The number of ether oxygens (including phenoxy) is 1. The third-order valence-electron chi connectivity index (χ3n) is 2.68. The number of esters is 1. The van der Waals surface area contributed by atoms with Gasteiger partial charge in [0.1, 0.15) is 7.85 Å². The quantitative estimate of drug-likeness (QED) is 0.585. The number of carbonyl (C=O) groups excluding carboxylic acids is 1. The lowest BCUT2D eigenvalue weighted by Crippen LogP contribution is -2.07. The fraction of sp³-hybridized carbons (Fsp3) is 0.231. The lowest BCUT2D eigenvalue weighted by Gasteiger charge is -2.08. The number of benzene rings is 1. The largest absolute Gasteiger partial charge is 0.462 e. The van der Waals surface area contributed by atoms with E-state index >= 15 is 0 Å². The van der Waals surface area contributed by atoms with E-state index in [1.165, 1.54) is 0 Å². The molecule has 0 aliphatic rings. The van der Waals surface area contributed by atoms with Crippen LogP contribution in [0.4, 0.5) is 0 Å². The zero-order valence-electron chi connectivity index (χ0n) is 10.8. The molecule has 0 saturated carbocycles. The molecular formula is C13H15BN2O2. The van der Waals surface area contributed by atoms with Crippen LogP contribution >= 0.6 is 0 Å².